The quantitative estimate of drug-likeness (QED) is 0.640. The monoisotopic (exact) mass is 385 g/mol. The number of likely N-dealkylation sites (N-methyl/N-ethyl adjacent to an activating group) is 1. The average molecular weight is 386 g/mol. The molecule has 1 amide bonds. The van der Waals surface area contributed by atoms with Crippen LogP contribution >= 0.6 is 11.6 Å². The smallest absolute Gasteiger partial charge is 0.260 e. The molecule has 6 nitrogen and oxygen atoms in total. The number of carbonyl (C=O) groups is 1. The van der Waals surface area contributed by atoms with E-state index in [1.807, 2.05) is 38.1 Å². The summed E-state index contributed by atoms with van der Waals surface area (Å²) in [6.07, 6.45) is 0. The molecule has 3 aromatic rings. The topological polar surface area (TPSA) is 68.5 Å². The highest BCUT2D eigenvalue weighted by Gasteiger charge is 2.15. The van der Waals surface area contributed by atoms with Crippen LogP contribution in [0.15, 0.2) is 47.0 Å². The van der Waals surface area contributed by atoms with Crippen LogP contribution in [-0.4, -0.2) is 34.6 Å². The summed E-state index contributed by atoms with van der Waals surface area (Å²) < 4.78 is 10.8. The van der Waals surface area contributed by atoms with Gasteiger partial charge in [-0.2, -0.15) is 4.98 Å². The zero-order chi connectivity index (χ0) is 19.4. The van der Waals surface area contributed by atoms with Gasteiger partial charge in [-0.05, 0) is 37.6 Å². The van der Waals surface area contributed by atoms with Gasteiger partial charge in [0, 0.05) is 17.6 Å². The Kier molecular flexibility index (Phi) is 5.76. The molecule has 2 aromatic carbocycles. The molecule has 0 atom stereocenters. The summed E-state index contributed by atoms with van der Waals surface area (Å²) in [6, 6.07) is 13.1. The van der Waals surface area contributed by atoms with E-state index in [1.54, 1.807) is 25.2 Å². The van der Waals surface area contributed by atoms with Gasteiger partial charge in [-0.1, -0.05) is 46.6 Å². The fourth-order valence-corrected chi connectivity index (χ4v) is 2.68. The fourth-order valence-electron chi connectivity index (χ4n) is 2.45. The van der Waals surface area contributed by atoms with E-state index in [0.717, 1.165) is 16.7 Å². The summed E-state index contributed by atoms with van der Waals surface area (Å²) in [4.78, 5) is 18.1. The van der Waals surface area contributed by atoms with Crippen LogP contribution in [0.2, 0.25) is 5.02 Å². The maximum absolute atomic E-state index is 12.3. The Morgan fingerprint density at radius 2 is 1.93 bits per heavy atom. The van der Waals surface area contributed by atoms with Crippen LogP contribution in [-0.2, 0) is 11.3 Å². The lowest BCUT2D eigenvalue weighted by molar-refractivity contribution is -0.132. The first-order valence-electron chi connectivity index (χ1n) is 8.45. The maximum atomic E-state index is 12.3. The van der Waals surface area contributed by atoms with E-state index in [1.165, 1.54) is 4.90 Å². The van der Waals surface area contributed by atoms with Gasteiger partial charge in [0.15, 0.2) is 6.61 Å². The van der Waals surface area contributed by atoms with E-state index in [4.69, 9.17) is 20.9 Å². The molecular weight excluding hydrogens is 366 g/mol. The van der Waals surface area contributed by atoms with Gasteiger partial charge in [-0.15, -0.1) is 0 Å². The molecule has 0 unspecified atom stereocenters. The molecule has 0 N–H and O–H groups in total. The minimum atomic E-state index is -0.195. The van der Waals surface area contributed by atoms with Crippen molar-refractivity contribution in [3.8, 4) is 17.1 Å². The third-order valence-corrected chi connectivity index (χ3v) is 4.30. The first kappa shape index (κ1) is 18.9. The van der Waals surface area contributed by atoms with Crippen molar-refractivity contribution in [1.82, 2.24) is 15.0 Å². The molecule has 27 heavy (non-hydrogen) atoms. The fraction of sp³-hybridized carbons (Fsp3) is 0.250. The van der Waals surface area contributed by atoms with Gasteiger partial charge in [0.2, 0.25) is 11.7 Å². The molecule has 1 aromatic heterocycles. The number of aromatic nitrogens is 2. The molecule has 0 aliphatic rings. The molecule has 0 aliphatic heterocycles. The van der Waals surface area contributed by atoms with Crippen molar-refractivity contribution in [1.29, 1.82) is 0 Å². The molecule has 140 valence electrons. The molecule has 1 heterocycles. The number of hydrogen-bond acceptors (Lipinski definition) is 5. The predicted molar refractivity (Wildman–Crippen MR) is 103 cm³/mol. The third kappa shape index (κ3) is 4.86. The summed E-state index contributed by atoms with van der Waals surface area (Å²) in [6.45, 7) is 4.01. The van der Waals surface area contributed by atoms with Gasteiger partial charge >= 0.3 is 0 Å². The largest absolute Gasteiger partial charge is 0.483 e. The molecule has 0 saturated heterocycles. The molecule has 0 aliphatic carbocycles. The number of benzene rings is 2. The van der Waals surface area contributed by atoms with Gasteiger partial charge in [0.05, 0.1) is 6.54 Å². The summed E-state index contributed by atoms with van der Waals surface area (Å²) in [5.74, 6) is 1.29. The van der Waals surface area contributed by atoms with E-state index in [9.17, 15) is 4.79 Å². The van der Waals surface area contributed by atoms with Crippen molar-refractivity contribution in [2.24, 2.45) is 0 Å². The highest BCUT2D eigenvalue weighted by atomic mass is 35.5. The molecule has 0 fully saturated rings. The van der Waals surface area contributed by atoms with Crippen molar-refractivity contribution in [2.75, 3.05) is 13.7 Å². The number of amides is 1. The first-order chi connectivity index (χ1) is 12.9. The maximum Gasteiger partial charge on any atom is 0.260 e. The molecule has 0 bridgehead atoms. The zero-order valence-electron chi connectivity index (χ0n) is 15.4. The van der Waals surface area contributed by atoms with Gasteiger partial charge in [-0.25, -0.2) is 0 Å². The number of rotatable bonds is 6. The van der Waals surface area contributed by atoms with E-state index in [-0.39, 0.29) is 19.1 Å². The SMILES string of the molecule is Cc1ccc(-c2noc(CN(C)C(=O)COc3ccc(Cl)cc3C)n2)cc1. The van der Waals surface area contributed by atoms with Crippen molar-refractivity contribution in [3.05, 3.63) is 64.5 Å². The van der Waals surface area contributed by atoms with Crippen molar-refractivity contribution >= 4 is 17.5 Å². The Balaban J connectivity index is 1.57. The lowest BCUT2D eigenvalue weighted by Gasteiger charge is -2.16. The predicted octanol–water partition coefficient (Wildman–Crippen LogP) is 4.04. The summed E-state index contributed by atoms with van der Waals surface area (Å²) in [5.41, 5.74) is 2.90. The van der Waals surface area contributed by atoms with E-state index in [2.05, 4.69) is 10.1 Å². The van der Waals surface area contributed by atoms with Crippen LogP contribution in [0.3, 0.4) is 0 Å². The Labute approximate surface area is 162 Å². The van der Waals surface area contributed by atoms with Crippen LogP contribution < -0.4 is 4.74 Å². The summed E-state index contributed by atoms with van der Waals surface area (Å²) in [7, 11) is 1.66. The number of carbonyl (C=O) groups excluding carboxylic acids is 1. The normalized spacial score (nSPS) is 10.7. The summed E-state index contributed by atoms with van der Waals surface area (Å²) in [5, 5.41) is 4.60. The third-order valence-electron chi connectivity index (χ3n) is 4.06. The Bertz CT molecular complexity index is 938. The number of hydrogen-bond donors (Lipinski definition) is 0. The minimum absolute atomic E-state index is 0.0854. The lowest BCUT2D eigenvalue weighted by atomic mass is 10.1. The highest BCUT2D eigenvalue weighted by molar-refractivity contribution is 6.30. The van der Waals surface area contributed by atoms with E-state index < -0.39 is 0 Å². The Hall–Kier alpha value is -2.86. The van der Waals surface area contributed by atoms with Crippen LogP contribution in [0.25, 0.3) is 11.4 Å². The highest BCUT2D eigenvalue weighted by Crippen LogP contribution is 2.22. The molecular formula is C20H20ClN3O3. The van der Waals surface area contributed by atoms with E-state index >= 15 is 0 Å². The molecule has 0 radical (unpaired) electrons. The molecule has 3 rings (SSSR count). The van der Waals surface area contributed by atoms with Crippen LogP contribution in [0.1, 0.15) is 17.0 Å². The molecule has 0 saturated carbocycles. The minimum Gasteiger partial charge on any atom is -0.483 e. The number of halogens is 1. The second-order valence-electron chi connectivity index (χ2n) is 6.33. The zero-order valence-corrected chi connectivity index (χ0v) is 16.2. The first-order valence-corrected chi connectivity index (χ1v) is 8.82. The standard InChI is InChI=1S/C20H20ClN3O3/c1-13-4-6-15(7-5-13)20-22-18(27-23-20)11-24(3)19(25)12-26-17-9-8-16(21)10-14(17)2/h4-10H,11-12H2,1-3H3. The lowest BCUT2D eigenvalue weighted by Crippen LogP contribution is -2.31. The van der Waals surface area contributed by atoms with Gasteiger partial charge in [0.25, 0.3) is 5.91 Å². The second kappa shape index (κ2) is 8.22. The average Bonchev–Trinajstić information content (AvgIpc) is 3.09. The van der Waals surface area contributed by atoms with Crippen LogP contribution in [0.5, 0.6) is 5.75 Å². The van der Waals surface area contributed by atoms with Crippen molar-refractivity contribution in [2.45, 2.75) is 20.4 Å². The second-order valence-corrected chi connectivity index (χ2v) is 6.76. The van der Waals surface area contributed by atoms with Crippen LogP contribution in [0.4, 0.5) is 0 Å². The summed E-state index contributed by atoms with van der Waals surface area (Å²) >= 11 is 5.92. The van der Waals surface area contributed by atoms with Crippen LogP contribution in [0, 0.1) is 13.8 Å². The molecule has 0 spiro atoms. The van der Waals surface area contributed by atoms with E-state index in [0.29, 0.717) is 22.5 Å². The van der Waals surface area contributed by atoms with Crippen molar-refractivity contribution < 1.29 is 14.1 Å². The Morgan fingerprint density at radius 1 is 1.19 bits per heavy atom. The van der Waals surface area contributed by atoms with Crippen molar-refractivity contribution in [3.63, 3.8) is 0 Å². The number of nitrogens with zero attached hydrogens (tertiary/aromatic N) is 3. The molecule has 7 heteroatoms. The van der Waals surface area contributed by atoms with Gasteiger partial charge < -0.3 is 14.2 Å². The van der Waals surface area contributed by atoms with Gasteiger partial charge in [0.1, 0.15) is 5.75 Å². The number of ether oxygens (including phenoxy) is 1. The number of aryl methyl sites for hydroxylation is 2. The van der Waals surface area contributed by atoms with Gasteiger partial charge in [-0.3, -0.25) is 4.79 Å². The Morgan fingerprint density at radius 3 is 2.63 bits per heavy atom.